The molecule has 3 heteroatoms. The molecule has 92 valence electrons. The lowest BCUT2D eigenvalue weighted by Crippen LogP contribution is -2.43. The largest absolute Gasteiger partial charge is 0.385 e. The average Bonchev–Trinajstić information content (AvgIpc) is 2.64. The zero-order valence-corrected chi connectivity index (χ0v) is 10.3. The molecular formula is C14H21N3. The Morgan fingerprint density at radius 3 is 2.76 bits per heavy atom. The number of benzene rings is 1. The number of anilines is 2. The van der Waals surface area contributed by atoms with Crippen LogP contribution in [-0.4, -0.2) is 32.7 Å². The molecule has 0 amide bonds. The summed E-state index contributed by atoms with van der Waals surface area (Å²) in [5.74, 6) is 0. The van der Waals surface area contributed by atoms with E-state index in [0.29, 0.717) is 0 Å². The Morgan fingerprint density at radius 1 is 1.00 bits per heavy atom. The predicted molar refractivity (Wildman–Crippen MR) is 73.0 cm³/mol. The third kappa shape index (κ3) is 2.39. The lowest BCUT2D eigenvalue weighted by atomic mass is 10.1. The fraction of sp³-hybridized carbons (Fsp3) is 0.571. The second kappa shape index (κ2) is 4.96. The standard InChI is InChI=1S/C14H21N3/c1-2-6-16-14-5-4-13(11-12(14)3-1)17-9-7-15-8-10-17/h4-5,11,15-16H,1-3,6-10H2. The first-order valence-electron chi connectivity index (χ1n) is 6.76. The number of aryl methyl sites for hydroxylation is 1. The molecule has 0 bridgehead atoms. The van der Waals surface area contributed by atoms with Crippen molar-refractivity contribution in [3.8, 4) is 0 Å². The van der Waals surface area contributed by atoms with Gasteiger partial charge in [-0.1, -0.05) is 0 Å². The van der Waals surface area contributed by atoms with Crippen LogP contribution in [0.4, 0.5) is 11.4 Å². The van der Waals surface area contributed by atoms with Crippen molar-refractivity contribution in [3.05, 3.63) is 23.8 Å². The molecule has 0 saturated carbocycles. The SMILES string of the molecule is c1cc2c(cc1N1CCNCC1)CCCCN2. The molecule has 2 aliphatic rings. The van der Waals surface area contributed by atoms with Crippen molar-refractivity contribution in [2.75, 3.05) is 42.9 Å². The first kappa shape index (κ1) is 10.9. The van der Waals surface area contributed by atoms with Crippen LogP contribution in [0.1, 0.15) is 18.4 Å². The van der Waals surface area contributed by atoms with Crippen LogP contribution in [0.15, 0.2) is 18.2 Å². The Bertz CT molecular complexity index is 383. The van der Waals surface area contributed by atoms with Gasteiger partial charge in [0.15, 0.2) is 0 Å². The van der Waals surface area contributed by atoms with Gasteiger partial charge in [0, 0.05) is 44.1 Å². The monoisotopic (exact) mass is 231 g/mol. The molecule has 2 aliphatic heterocycles. The minimum atomic E-state index is 1.11. The van der Waals surface area contributed by atoms with E-state index in [4.69, 9.17) is 0 Å². The van der Waals surface area contributed by atoms with E-state index < -0.39 is 0 Å². The Morgan fingerprint density at radius 2 is 1.88 bits per heavy atom. The molecule has 0 atom stereocenters. The van der Waals surface area contributed by atoms with Crippen LogP contribution in [0, 0.1) is 0 Å². The van der Waals surface area contributed by atoms with E-state index in [9.17, 15) is 0 Å². The van der Waals surface area contributed by atoms with Gasteiger partial charge in [-0.25, -0.2) is 0 Å². The molecule has 2 N–H and O–H groups in total. The van der Waals surface area contributed by atoms with Gasteiger partial charge in [0.1, 0.15) is 0 Å². The summed E-state index contributed by atoms with van der Waals surface area (Å²) in [6.45, 7) is 5.60. The van der Waals surface area contributed by atoms with E-state index in [2.05, 4.69) is 33.7 Å². The predicted octanol–water partition coefficient (Wildman–Crippen LogP) is 1.84. The quantitative estimate of drug-likeness (QED) is 0.772. The minimum absolute atomic E-state index is 1.11. The lowest BCUT2D eigenvalue weighted by molar-refractivity contribution is 0.589. The molecule has 0 aliphatic carbocycles. The summed E-state index contributed by atoms with van der Waals surface area (Å²) in [7, 11) is 0. The maximum Gasteiger partial charge on any atom is 0.0374 e. The van der Waals surface area contributed by atoms with Crippen molar-refractivity contribution in [2.45, 2.75) is 19.3 Å². The van der Waals surface area contributed by atoms with Crippen LogP contribution in [0.25, 0.3) is 0 Å². The number of fused-ring (bicyclic) bond motifs is 1. The van der Waals surface area contributed by atoms with E-state index >= 15 is 0 Å². The van der Waals surface area contributed by atoms with Crippen molar-refractivity contribution in [1.29, 1.82) is 0 Å². The number of nitrogens with zero attached hydrogens (tertiary/aromatic N) is 1. The highest BCUT2D eigenvalue weighted by Crippen LogP contribution is 2.26. The van der Waals surface area contributed by atoms with Gasteiger partial charge in [-0.2, -0.15) is 0 Å². The fourth-order valence-corrected chi connectivity index (χ4v) is 2.74. The van der Waals surface area contributed by atoms with Gasteiger partial charge in [0.25, 0.3) is 0 Å². The third-order valence-electron chi connectivity index (χ3n) is 3.76. The lowest BCUT2D eigenvalue weighted by Gasteiger charge is -2.30. The molecule has 1 saturated heterocycles. The third-order valence-corrected chi connectivity index (χ3v) is 3.76. The molecule has 1 fully saturated rings. The van der Waals surface area contributed by atoms with Gasteiger partial charge in [0.05, 0.1) is 0 Å². The molecule has 17 heavy (non-hydrogen) atoms. The number of nitrogens with one attached hydrogen (secondary N) is 2. The Balaban J connectivity index is 1.83. The van der Waals surface area contributed by atoms with E-state index in [1.165, 1.54) is 36.2 Å². The normalized spacial score (nSPS) is 20.4. The minimum Gasteiger partial charge on any atom is -0.385 e. The van der Waals surface area contributed by atoms with Gasteiger partial charge in [-0.3, -0.25) is 0 Å². The van der Waals surface area contributed by atoms with Crippen molar-refractivity contribution in [2.24, 2.45) is 0 Å². The maximum atomic E-state index is 3.52. The summed E-state index contributed by atoms with van der Waals surface area (Å²) in [6, 6.07) is 6.92. The molecule has 0 spiro atoms. The van der Waals surface area contributed by atoms with E-state index in [-0.39, 0.29) is 0 Å². The molecule has 3 nitrogen and oxygen atoms in total. The van der Waals surface area contributed by atoms with E-state index in [1.807, 2.05) is 0 Å². The highest BCUT2D eigenvalue weighted by atomic mass is 15.2. The van der Waals surface area contributed by atoms with Gasteiger partial charge < -0.3 is 15.5 Å². The summed E-state index contributed by atoms with van der Waals surface area (Å²) >= 11 is 0. The summed E-state index contributed by atoms with van der Waals surface area (Å²) in [5, 5.41) is 6.93. The molecule has 3 rings (SSSR count). The summed E-state index contributed by atoms with van der Waals surface area (Å²) in [4.78, 5) is 2.49. The van der Waals surface area contributed by atoms with Crippen molar-refractivity contribution < 1.29 is 0 Å². The van der Waals surface area contributed by atoms with Crippen LogP contribution in [0.3, 0.4) is 0 Å². The molecule has 0 unspecified atom stereocenters. The molecule has 1 aromatic rings. The van der Waals surface area contributed by atoms with E-state index in [0.717, 1.165) is 32.7 Å². The molecular weight excluding hydrogens is 210 g/mol. The highest BCUT2D eigenvalue weighted by molar-refractivity contribution is 5.61. The van der Waals surface area contributed by atoms with Crippen molar-refractivity contribution in [3.63, 3.8) is 0 Å². The van der Waals surface area contributed by atoms with E-state index in [1.54, 1.807) is 0 Å². The van der Waals surface area contributed by atoms with Crippen LogP contribution < -0.4 is 15.5 Å². The van der Waals surface area contributed by atoms with Crippen LogP contribution >= 0.6 is 0 Å². The Labute approximate surface area is 103 Å². The number of rotatable bonds is 1. The second-order valence-corrected chi connectivity index (χ2v) is 4.96. The highest BCUT2D eigenvalue weighted by Gasteiger charge is 2.13. The maximum absolute atomic E-state index is 3.52. The second-order valence-electron chi connectivity index (χ2n) is 4.96. The molecule has 0 radical (unpaired) electrons. The van der Waals surface area contributed by atoms with Gasteiger partial charge in [-0.05, 0) is 43.0 Å². The van der Waals surface area contributed by atoms with Gasteiger partial charge >= 0.3 is 0 Å². The Kier molecular flexibility index (Phi) is 3.18. The smallest absolute Gasteiger partial charge is 0.0374 e. The zero-order valence-electron chi connectivity index (χ0n) is 10.3. The summed E-state index contributed by atoms with van der Waals surface area (Å²) < 4.78 is 0. The molecule has 0 aromatic heterocycles. The summed E-state index contributed by atoms with van der Waals surface area (Å²) in [6.07, 6.45) is 3.82. The zero-order chi connectivity index (χ0) is 11.5. The van der Waals surface area contributed by atoms with Gasteiger partial charge in [-0.15, -0.1) is 0 Å². The average molecular weight is 231 g/mol. The summed E-state index contributed by atoms with van der Waals surface area (Å²) in [5.41, 5.74) is 4.24. The first-order valence-corrected chi connectivity index (χ1v) is 6.76. The van der Waals surface area contributed by atoms with Crippen molar-refractivity contribution >= 4 is 11.4 Å². The fourth-order valence-electron chi connectivity index (χ4n) is 2.74. The van der Waals surface area contributed by atoms with Crippen LogP contribution in [0.5, 0.6) is 0 Å². The number of hydrogen-bond acceptors (Lipinski definition) is 3. The van der Waals surface area contributed by atoms with Crippen LogP contribution in [0.2, 0.25) is 0 Å². The van der Waals surface area contributed by atoms with Crippen molar-refractivity contribution in [1.82, 2.24) is 5.32 Å². The van der Waals surface area contributed by atoms with Crippen LogP contribution in [-0.2, 0) is 6.42 Å². The molecule has 2 heterocycles. The number of piperazine rings is 1. The molecule has 1 aromatic carbocycles. The first-order chi connectivity index (χ1) is 8.43. The topological polar surface area (TPSA) is 27.3 Å². The Hall–Kier alpha value is -1.22. The number of hydrogen-bond donors (Lipinski definition) is 2. The van der Waals surface area contributed by atoms with Gasteiger partial charge in [0.2, 0.25) is 0 Å².